The van der Waals surface area contributed by atoms with Crippen molar-refractivity contribution in [3.8, 4) is 0 Å². The van der Waals surface area contributed by atoms with Gasteiger partial charge in [-0.1, -0.05) is 54.6 Å². The van der Waals surface area contributed by atoms with E-state index in [1.807, 2.05) is 19.1 Å². The van der Waals surface area contributed by atoms with Crippen LogP contribution in [0.25, 0.3) is 5.76 Å². The Balaban J connectivity index is 1.97. The molecule has 1 amide bonds. The highest BCUT2D eigenvalue weighted by molar-refractivity contribution is 6.51. The molecule has 1 saturated heterocycles. The summed E-state index contributed by atoms with van der Waals surface area (Å²) in [6.07, 6.45) is 0. The Bertz CT molecular complexity index is 1230. The molecule has 1 aliphatic heterocycles. The van der Waals surface area contributed by atoms with E-state index in [0.717, 1.165) is 5.56 Å². The van der Waals surface area contributed by atoms with E-state index in [9.17, 15) is 24.8 Å². The van der Waals surface area contributed by atoms with Gasteiger partial charge in [0, 0.05) is 23.4 Å². The van der Waals surface area contributed by atoms with Crippen LogP contribution in [0.4, 0.5) is 11.4 Å². The summed E-state index contributed by atoms with van der Waals surface area (Å²) in [5.74, 6) is -2.07. The maximum absolute atomic E-state index is 13.1. The van der Waals surface area contributed by atoms with Gasteiger partial charge in [-0.3, -0.25) is 24.6 Å². The van der Waals surface area contributed by atoms with Crippen LogP contribution in [0.3, 0.4) is 0 Å². The smallest absolute Gasteiger partial charge is 0.300 e. The van der Waals surface area contributed by atoms with E-state index in [1.54, 1.807) is 42.5 Å². The Morgan fingerprint density at radius 2 is 1.65 bits per heavy atom. The third-order valence-corrected chi connectivity index (χ3v) is 5.29. The molecule has 3 aromatic rings. The van der Waals surface area contributed by atoms with E-state index in [2.05, 4.69) is 0 Å². The number of aryl methyl sites for hydroxylation is 1. The van der Waals surface area contributed by atoms with Crippen molar-refractivity contribution in [3.05, 3.63) is 111 Å². The quantitative estimate of drug-likeness (QED) is 0.222. The molecule has 0 bridgehead atoms. The molecule has 31 heavy (non-hydrogen) atoms. The number of anilines is 1. The molecule has 0 radical (unpaired) electrons. The lowest BCUT2D eigenvalue weighted by atomic mass is 9.92. The largest absolute Gasteiger partial charge is 0.507 e. The van der Waals surface area contributed by atoms with E-state index in [0.29, 0.717) is 11.3 Å². The first-order valence-corrected chi connectivity index (χ1v) is 9.56. The molecule has 3 aromatic carbocycles. The zero-order chi connectivity index (χ0) is 22.1. The Morgan fingerprint density at radius 3 is 2.32 bits per heavy atom. The van der Waals surface area contributed by atoms with Crippen molar-refractivity contribution in [2.75, 3.05) is 4.90 Å². The number of benzene rings is 3. The predicted molar refractivity (Wildman–Crippen MR) is 116 cm³/mol. The number of ketones is 1. The molecule has 0 spiro atoms. The van der Waals surface area contributed by atoms with Crippen molar-refractivity contribution in [1.29, 1.82) is 0 Å². The van der Waals surface area contributed by atoms with Crippen LogP contribution >= 0.6 is 0 Å². The number of aliphatic hydroxyl groups excluding tert-OH is 1. The number of Topliss-reactive ketones (excluding diaryl/α,β-unsaturated/α-hetero) is 1. The van der Waals surface area contributed by atoms with Gasteiger partial charge in [-0.25, -0.2) is 0 Å². The average molecular weight is 414 g/mol. The van der Waals surface area contributed by atoms with Crippen LogP contribution in [0.5, 0.6) is 0 Å². The summed E-state index contributed by atoms with van der Waals surface area (Å²) in [5, 5.41) is 22.2. The maximum atomic E-state index is 13.1. The lowest BCUT2D eigenvalue weighted by molar-refractivity contribution is -0.384. The van der Waals surface area contributed by atoms with E-state index >= 15 is 0 Å². The summed E-state index contributed by atoms with van der Waals surface area (Å²) in [6.45, 7) is 1.85. The number of hydrogen-bond acceptors (Lipinski definition) is 5. The topological polar surface area (TPSA) is 101 Å². The zero-order valence-corrected chi connectivity index (χ0v) is 16.6. The van der Waals surface area contributed by atoms with Crippen molar-refractivity contribution < 1.29 is 19.6 Å². The van der Waals surface area contributed by atoms with E-state index in [4.69, 9.17) is 0 Å². The van der Waals surface area contributed by atoms with Crippen LogP contribution in [-0.2, 0) is 9.59 Å². The SMILES string of the molecule is Cc1ccccc1C1/C(=C(\O)c2cccc([N+](=O)[O-])c2)C(=O)C(=O)N1c1ccccc1. The standard InChI is InChI=1S/C24H18N2O5/c1-15-8-5-6-13-19(15)21-20(22(27)16-9-7-12-18(14-16)26(30)31)23(28)24(29)25(21)17-10-3-2-4-11-17/h2-14,21,27H,1H3/b22-20+. The summed E-state index contributed by atoms with van der Waals surface area (Å²) in [6, 6.07) is 20.5. The van der Waals surface area contributed by atoms with Crippen molar-refractivity contribution >= 4 is 28.8 Å². The Morgan fingerprint density at radius 1 is 0.968 bits per heavy atom. The number of carbonyl (C=O) groups is 2. The highest BCUT2D eigenvalue weighted by Gasteiger charge is 2.47. The molecular weight excluding hydrogens is 396 g/mol. The normalized spacial score (nSPS) is 17.7. The molecule has 4 rings (SSSR count). The molecule has 1 unspecified atom stereocenters. The van der Waals surface area contributed by atoms with Crippen LogP contribution in [-0.4, -0.2) is 21.7 Å². The molecule has 1 fully saturated rings. The first-order valence-electron chi connectivity index (χ1n) is 9.56. The van der Waals surface area contributed by atoms with E-state index in [-0.39, 0.29) is 16.8 Å². The molecule has 7 nitrogen and oxygen atoms in total. The fourth-order valence-corrected chi connectivity index (χ4v) is 3.80. The highest BCUT2D eigenvalue weighted by atomic mass is 16.6. The van der Waals surface area contributed by atoms with Crippen molar-refractivity contribution in [1.82, 2.24) is 0 Å². The molecule has 1 heterocycles. The van der Waals surface area contributed by atoms with Crippen molar-refractivity contribution in [2.24, 2.45) is 0 Å². The first kappa shape index (κ1) is 20.0. The summed E-state index contributed by atoms with van der Waals surface area (Å²) in [7, 11) is 0. The van der Waals surface area contributed by atoms with Gasteiger partial charge in [-0.2, -0.15) is 0 Å². The monoisotopic (exact) mass is 414 g/mol. The molecule has 1 aliphatic rings. The second kappa shape index (κ2) is 7.87. The van der Waals surface area contributed by atoms with Gasteiger partial charge in [0.15, 0.2) is 0 Å². The number of aliphatic hydroxyl groups is 1. The molecule has 1 N–H and O–H groups in total. The van der Waals surface area contributed by atoms with Gasteiger partial charge < -0.3 is 5.11 Å². The number of nitro groups is 1. The molecule has 0 aliphatic carbocycles. The van der Waals surface area contributed by atoms with Gasteiger partial charge in [0.1, 0.15) is 5.76 Å². The minimum atomic E-state index is -0.872. The summed E-state index contributed by atoms with van der Waals surface area (Å²) < 4.78 is 0. The second-order valence-electron chi connectivity index (χ2n) is 7.17. The van der Waals surface area contributed by atoms with Crippen molar-refractivity contribution in [2.45, 2.75) is 13.0 Å². The molecule has 0 aromatic heterocycles. The van der Waals surface area contributed by atoms with Gasteiger partial charge in [0.05, 0.1) is 16.5 Å². The number of para-hydroxylation sites is 1. The van der Waals surface area contributed by atoms with Crippen molar-refractivity contribution in [3.63, 3.8) is 0 Å². The van der Waals surface area contributed by atoms with Gasteiger partial charge in [0.25, 0.3) is 17.4 Å². The summed E-state index contributed by atoms with van der Waals surface area (Å²) in [4.78, 5) is 38.0. The molecule has 1 atom stereocenters. The number of hydrogen-bond donors (Lipinski definition) is 1. The molecule has 154 valence electrons. The third kappa shape index (κ3) is 3.46. The summed E-state index contributed by atoms with van der Waals surface area (Å²) in [5.41, 5.74) is 1.78. The zero-order valence-electron chi connectivity index (χ0n) is 16.6. The molecular formula is C24H18N2O5. The Kier molecular flexibility index (Phi) is 5.09. The van der Waals surface area contributed by atoms with E-state index in [1.165, 1.54) is 29.2 Å². The van der Waals surface area contributed by atoms with Crippen LogP contribution in [0.1, 0.15) is 22.7 Å². The fourth-order valence-electron chi connectivity index (χ4n) is 3.80. The van der Waals surface area contributed by atoms with Crippen LogP contribution in [0.15, 0.2) is 84.4 Å². The fraction of sp³-hybridized carbons (Fsp3) is 0.0833. The highest BCUT2D eigenvalue weighted by Crippen LogP contribution is 2.43. The maximum Gasteiger partial charge on any atom is 0.300 e. The minimum Gasteiger partial charge on any atom is -0.507 e. The van der Waals surface area contributed by atoms with Crippen LogP contribution in [0, 0.1) is 17.0 Å². The lowest BCUT2D eigenvalue weighted by Gasteiger charge is -2.26. The van der Waals surface area contributed by atoms with Crippen LogP contribution in [0.2, 0.25) is 0 Å². The Hall–Kier alpha value is -4.26. The summed E-state index contributed by atoms with van der Waals surface area (Å²) >= 11 is 0. The predicted octanol–water partition coefficient (Wildman–Crippen LogP) is 4.53. The molecule has 7 heteroatoms. The Labute approximate surface area is 178 Å². The van der Waals surface area contributed by atoms with Gasteiger partial charge in [0.2, 0.25) is 0 Å². The third-order valence-electron chi connectivity index (χ3n) is 5.29. The number of amides is 1. The number of carbonyl (C=O) groups excluding carboxylic acids is 2. The van der Waals surface area contributed by atoms with Crippen LogP contribution < -0.4 is 4.90 Å². The first-order chi connectivity index (χ1) is 14.9. The second-order valence-corrected chi connectivity index (χ2v) is 7.17. The van der Waals surface area contributed by atoms with Gasteiger partial charge in [-0.05, 0) is 30.2 Å². The average Bonchev–Trinajstić information content (AvgIpc) is 3.04. The lowest BCUT2D eigenvalue weighted by Crippen LogP contribution is -2.29. The van der Waals surface area contributed by atoms with Gasteiger partial charge in [-0.15, -0.1) is 0 Å². The number of rotatable bonds is 4. The number of nitrogens with zero attached hydrogens (tertiary/aromatic N) is 2. The number of non-ortho nitro benzene ring substituents is 1. The van der Waals surface area contributed by atoms with Gasteiger partial charge >= 0.3 is 0 Å². The number of nitro benzene ring substituents is 1. The van der Waals surface area contributed by atoms with E-state index < -0.39 is 28.4 Å². The minimum absolute atomic E-state index is 0.0962. The molecule has 0 saturated carbocycles.